The van der Waals surface area contributed by atoms with Crippen LogP contribution in [0.3, 0.4) is 0 Å². The van der Waals surface area contributed by atoms with Crippen molar-refractivity contribution in [1.29, 1.82) is 5.26 Å². The van der Waals surface area contributed by atoms with E-state index < -0.39 is 0 Å². The molecule has 4 heteroatoms. The second kappa shape index (κ2) is 3.64. The zero-order valence-electron chi connectivity index (χ0n) is 5.69. The lowest BCUT2D eigenvalue weighted by Gasteiger charge is -1.99. The Bertz CT molecular complexity index is 282. The van der Waals surface area contributed by atoms with E-state index >= 15 is 0 Å². The summed E-state index contributed by atoms with van der Waals surface area (Å²) in [6, 6.07) is 8.47. The van der Waals surface area contributed by atoms with Gasteiger partial charge < -0.3 is 9.68 Å². The molecule has 1 radical (unpaired) electrons. The van der Waals surface area contributed by atoms with E-state index in [9.17, 15) is 0 Å². The second-order valence-corrected chi connectivity index (χ2v) is 1.86. The van der Waals surface area contributed by atoms with Crippen LogP contribution in [0.1, 0.15) is 5.56 Å². The average Bonchev–Trinajstić information content (AvgIpc) is 2.06. The standard InChI is InChI=1S/C7H5BNO2/c9-5-6-2-1-3-7(4-6)11-8-10/h1-4,10H. The zero-order valence-corrected chi connectivity index (χ0v) is 5.69. The van der Waals surface area contributed by atoms with Gasteiger partial charge in [-0.15, -0.1) is 0 Å². The van der Waals surface area contributed by atoms with Crippen molar-refractivity contribution in [1.82, 2.24) is 0 Å². The van der Waals surface area contributed by atoms with Crippen LogP contribution in [-0.2, 0) is 0 Å². The highest BCUT2D eigenvalue weighted by atomic mass is 16.5. The van der Waals surface area contributed by atoms with Gasteiger partial charge in [0, 0.05) is 0 Å². The fourth-order valence-electron chi connectivity index (χ4n) is 0.700. The summed E-state index contributed by atoms with van der Waals surface area (Å²) in [5, 5.41) is 16.7. The minimum absolute atomic E-state index is 0.451. The minimum Gasteiger partial charge on any atom is -0.537 e. The Labute approximate surface area is 65.2 Å². The van der Waals surface area contributed by atoms with Crippen molar-refractivity contribution in [3.8, 4) is 11.8 Å². The van der Waals surface area contributed by atoms with Gasteiger partial charge in [-0.3, -0.25) is 0 Å². The predicted molar refractivity (Wildman–Crippen MR) is 39.8 cm³/mol. The molecule has 0 saturated carbocycles. The second-order valence-electron chi connectivity index (χ2n) is 1.86. The molecule has 0 aliphatic heterocycles. The van der Waals surface area contributed by atoms with Gasteiger partial charge >= 0.3 is 7.69 Å². The van der Waals surface area contributed by atoms with Gasteiger partial charge in [0.2, 0.25) is 0 Å². The molecule has 0 aliphatic carbocycles. The normalized spacial score (nSPS) is 8.36. The van der Waals surface area contributed by atoms with Gasteiger partial charge in [0.05, 0.1) is 11.6 Å². The van der Waals surface area contributed by atoms with Crippen LogP contribution >= 0.6 is 0 Å². The molecule has 1 aromatic rings. The van der Waals surface area contributed by atoms with Crippen LogP contribution in [0, 0.1) is 11.3 Å². The number of benzene rings is 1. The van der Waals surface area contributed by atoms with E-state index in [0.29, 0.717) is 19.0 Å². The number of nitriles is 1. The Morgan fingerprint density at radius 3 is 3.00 bits per heavy atom. The van der Waals surface area contributed by atoms with Crippen molar-refractivity contribution in [3.05, 3.63) is 29.8 Å². The van der Waals surface area contributed by atoms with E-state index in [4.69, 9.17) is 10.3 Å². The molecule has 0 aromatic heterocycles. The molecule has 11 heavy (non-hydrogen) atoms. The molecule has 0 aliphatic rings. The lowest BCUT2D eigenvalue weighted by molar-refractivity contribution is 0.454. The molecular weight excluding hydrogens is 141 g/mol. The number of hydrogen-bond acceptors (Lipinski definition) is 3. The molecule has 3 nitrogen and oxygen atoms in total. The topological polar surface area (TPSA) is 53.2 Å². The molecule has 53 valence electrons. The van der Waals surface area contributed by atoms with Crippen LogP contribution in [0.25, 0.3) is 0 Å². The summed E-state index contributed by atoms with van der Waals surface area (Å²) >= 11 is 0. The van der Waals surface area contributed by atoms with E-state index in [1.54, 1.807) is 18.2 Å². The van der Waals surface area contributed by atoms with Crippen molar-refractivity contribution in [2.75, 3.05) is 0 Å². The van der Waals surface area contributed by atoms with Crippen LogP contribution in [0.15, 0.2) is 24.3 Å². The van der Waals surface area contributed by atoms with Gasteiger partial charge in [0.15, 0.2) is 0 Å². The van der Waals surface area contributed by atoms with Crippen LogP contribution in [0.2, 0.25) is 0 Å². The van der Waals surface area contributed by atoms with Gasteiger partial charge in [-0.1, -0.05) is 6.07 Å². The predicted octanol–water partition coefficient (Wildman–Crippen LogP) is 0.464. The monoisotopic (exact) mass is 146 g/mol. The molecule has 0 heterocycles. The molecule has 1 rings (SSSR count). The number of hydrogen-bond donors (Lipinski definition) is 1. The van der Waals surface area contributed by atoms with Crippen molar-refractivity contribution in [2.24, 2.45) is 0 Å². The fraction of sp³-hybridized carbons (Fsp3) is 0. The largest absolute Gasteiger partial charge is 0.569 e. The molecule has 0 bridgehead atoms. The lowest BCUT2D eigenvalue weighted by Crippen LogP contribution is -1.99. The molecule has 0 amide bonds. The molecular formula is C7H5BNO2. The van der Waals surface area contributed by atoms with Crippen molar-refractivity contribution < 1.29 is 9.68 Å². The maximum atomic E-state index is 8.45. The first kappa shape index (κ1) is 7.64. The molecule has 0 atom stereocenters. The Kier molecular flexibility index (Phi) is 2.53. The summed E-state index contributed by atoms with van der Waals surface area (Å²) in [6.07, 6.45) is 0. The molecule has 1 aromatic carbocycles. The summed E-state index contributed by atoms with van der Waals surface area (Å²) in [5.41, 5.74) is 0.504. The summed E-state index contributed by atoms with van der Waals surface area (Å²) in [6.45, 7) is 0. The first-order valence-corrected chi connectivity index (χ1v) is 2.99. The van der Waals surface area contributed by atoms with E-state index in [0.717, 1.165) is 0 Å². The Morgan fingerprint density at radius 2 is 2.36 bits per heavy atom. The van der Waals surface area contributed by atoms with Crippen molar-refractivity contribution in [2.45, 2.75) is 0 Å². The number of rotatable bonds is 2. The lowest BCUT2D eigenvalue weighted by atomic mass is 10.2. The van der Waals surface area contributed by atoms with Gasteiger partial charge in [-0.2, -0.15) is 5.26 Å². The van der Waals surface area contributed by atoms with E-state index in [-0.39, 0.29) is 0 Å². The zero-order chi connectivity index (χ0) is 8.10. The minimum atomic E-state index is 0.451. The highest BCUT2D eigenvalue weighted by molar-refractivity contribution is 6.17. The average molecular weight is 146 g/mol. The maximum absolute atomic E-state index is 8.45. The molecule has 1 N–H and O–H groups in total. The third kappa shape index (κ3) is 1.99. The summed E-state index contributed by atoms with van der Waals surface area (Å²) in [5.74, 6) is 0.451. The van der Waals surface area contributed by atoms with Crippen LogP contribution in [0.4, 0.5) is 0 Å². The van der Waals surface area contributed by atoms with Gasteiger partial charge in [-0.05, 0) is 18.2 Å². The Hall–Kier alpha value is -1.47. The summed E-state index contributed by atoms with van der Waals surface area (Å²) in [4.78, 5) is 0. The van der Waals surface area contributed by atoms with Gasteiger partial charge in [0.25, 0.3) is 0 Å². The highest BCUT2D eigenvalue weighted by Crippen LogP contribution is 2.11. The van der Waals surface area contributed by atoms with Crippen LogP contribution in [-0.4, -0.2) is 12.7 Å². The third-order valence-electron chi connectivity index (χ3n) is 1.15. The molecule has 0 saturated heterocycles. The highest BCUT2D eigenvalue weighted by Gasteiger charge is 1.94. The van der Waals surface area contributed by atoms with Crippen molar-refractivity contribution >= 4 is 7.69 Å². The SMILES string of the molecule is N#Cc1cccc(O[B]O)c1. The fourth-order valence-corrected chi connectivity index (χ4v) is 0.700. The van der Waals surface area contributed by atoms with Crippen LogP contribution in [0.5, 0.6) is 5.75 Å². The first-order valence-electron chi connectivity index (χ1n) is 2.99. The third-order valence-corrected chi connectivity index (χ3v) is 1.15. The molecule has 0 fully saturated rings. The van der Waals surface area contributed by atoms with Crippen LogP contribution < -0.4 is 4.65 Å². The van der Waals surface area contributed by atoms with Gasteiger partial charge in [0.1, 0.15) is 5.75 Å². The maximum Gasteiger partial charge on any atom is 0.569 e. The first-order chi connectivity index (χ1) is 5.36. The van der Waals surface area contributed by atoms with E-state index in [2.05, 4.69) is 4.65 Å². The Balaban J connectivity index is 2.85. The smallest absolute Gasteiger partial charge is 0.537 e. The Morgan fingerprint density at radius 1 is 1.55 bits per heavy atom. The van der Waals surface area contributed by atoms with Crippen molar-refractivity contribution in [3.63, 3.8) is 0 Å². The quantitative estimate of drug-likeness (QED) is 0.616. The van der Waals surface area contributed by atoms with E-state index in [1.807, 2.05) is 6.07 Å². The van der Waals surface area contributed by atoms with E-state index in [1.165, 1.54) is 6.07 Å². The molecule has 0 spiro atoms. The summed E-state index contributed by atoms with van der Waals surface area (Å²) < 4.78 is 4.63. The number of nitrogens with zero attached hydrogens (tertiary/aromatic N) is 1. The summed E-state index contributed by atoms with van der Waals surface area (Å²) in [7, 11) is 0.580. The van der Waals surface area contributed by atoms with Gasteiger partial charge in [-0.25, -0.2) is 0 Å². The molecule has 0 unspecified atom stereocenters.